The number of carbonyl (C=O) groups is 2. The highest BCUT2D eigenvalue weighted by molar-refractivity contribution is 6.54. The lowest BCUT2D eigenvalue weighted by Gasteiger charge is -2.32. The van der Waals surface area contributed by atoms with Crippen molar-refractivity contribution in [2.75, 3.05) is 4.90 Å². The molecule has 38 heavy (non-hydrogen) atoms. The second-order valence-electron chi connectivity index (χ2n) is 9.04. The average molecular weight is 546 g/mol. The SMILES string of the molecule is CC(CCc1ccccc1)NC(=O)[C@@H](c1cccnc1)N(C(=O)C(Cl)Cl)c1ccc(-c2ccccc2)cc1. The molecule has 0 aliphatic rings. The minimum atomic E-state index is -1.36. The summed E-state index contributed by atoms with van der Waals surface area (Å²) in [4.78, 5) is 31.3. The zero-order valence-electron chi connectivity index (χ0n) is 21.0. The quantitative estimate of drug-likeness (QED) is 0.224. The van der Waals surface area contributed by atoms with Crippen LogP contribution in [0.15, 0.2) is 109 Å². The van der Waals surface area contributed by atoms with E-state index in [9.17, 15) is 9.59 Å². The summed E-state index contributed by atoms with van der Waals surface area (Å²) in [7, 11) is 0. The Bertz CT molecular complexity index is 1320. The number of alkyl halides is 2. The van der Waals surface area contributed by atoms with Gasteiger partial charge < -0.3 is 5.32 Å². The maximum atomic E-state index is 13.8. The normalized spacial score (nSPS) is 12.5. The molecule has 0 bridgehead atoms. The van der Waals surface area contributed by atoms with Gasteiger partial charge in [-0.1, -0.05) is 102 Å². The average Bonchev–Trinajstić information content (AvgIpc) is 2.96. The number of pyridine rings is 1. The summed E-state index contributed by atoms with van der Waals surface area (Å²) >= 11 is 12.2. The van der Waals surface area contributed by atoms with Crippen molar-refractivity contribution in [3.05, 3.63) is 121 Å². The lowest BCUT2D eigenvalue weighted by Crippen LogP contribution is -2.47. The second kappa shape index (κ2) is 13.2. The molecule has 4 aromatic rings. The van der Waals surface area contributed by atoms with Crippen molar-refractivity contribution in [3.63, 3.8) is 0 Å². The molecule has 1 aromatic heterocycles. The molecule has 2 amide bonds. The van der Waals surface area contributed by atoms with Gasteiger partial charge in [-0.3, -0.25) is 19.5 Å². The molecule has 1 unspecified atom stereocenters. The number of rotatable bonds is 10. The second-order valence-corrected chi connectivity index (χ2v) is 10.1. The fraction of sp³-hybridized carbons (Fsp3) is 0.194. The minimum absolute atomic E-state index is 0.137. The highest BCUT2D eigenvalue weighted by atomic mass is 35.5. The Morgan fingerprint density at radius 1 is 0.842 bits per heavy atom. The molecule has 0 aliphatic carbocycles. The maximum Gasteiger partial charge on any atom is 0.261 e. The van der Waals surface area contributed by atoms with Crippen LogP contribution < -0.4 is 10.2 Å². The monoisotopic (exact) mass is 545 g/mol. The van der Waals surface area contributed by atoms with E-state index in [2.05, 4.69) is 22.4 Å². The van der Waals surface area contributed by atoms with Crippen LogP contribution >= 0.6 is 23.2 Å². The molecule has 0 fully saturated rings. The van der Waals surface area contributed by atoms with Gasteiger partial charge >= 0.3 is 0 Å². The molecule has 0 spiro atoms. The topological polar surface area (TPSA) is 62.3 Å². The van der Waals surface area contributed by atoms with Crippen LogP contribution in [0, 0.1) is 0 Å². The van der Waals surface area contributed by atoms with Gasteiger partial charge in [0.15, 0.2) is 4.84 Å². The van der Waals surface area contributed by atoms with E-state index in [4.69, 9.17) is 23.2 Å². The van der Waals surface area contributed by atoms with Crippen molar-refractivity contribution in [1.82, 2.24) is 10.3 Å². The highest BCUT2D eigenvalue weighted by Gasteiger charge is 2.35. The Morgan fingerprint density at radius 2 is 1.47 bits per heavy atom. The number of carbonyl (C=O) groups excluding carboxylic acids is 2. The number of nitrogens with one attached hydrogen (secondary N) is 1. The van der Waals surface area contributed by atoms with Crippen molar-refractivity contribution in [3.8, 4) is 11.1 Å². The van der Waals surface area contributed by atoms with Gasteiger partial charge in [0, 0.05) is 29.7 Å². The summed E-state index contributed by atoms with van der Waals surface area (Å²) in [5.74, 6) is -0.935. The van der Waals surface area contributed by atoms with Gasteiger partial charge in [0.1, 0.15) is 6.04 Å². The summed E-state index contributed by atoms with van der Waals surface area (Å²) in [6.45, 7) is 1.95. The molecule has 7 heteroatoms. The van der Waals surface area contributed by atoms with E-state index in [1.807, 2.05) is 67.6 Å². The Balaban J connectivity index is 1.64. The molecule has 4 rings (SSSR count). The fourth-order valence-electron chi connectivity index (χ4n) is 4.33. The Labute approximate surface area is 233 Å². The standard InChI is InChI=1S/C31H29Cl2N3O2/c1-22(14-15-23-9-4-2-5-10-23)35-30(37)28(26-13-8-20-34-21-26)36(31(38)29(32)33)27-18-16-25(17-19-27)24-11-6-3-7-12-24/h2-13,16-22,28-29H,14-15H2,1H3,(H,35,37)/t22?,28-/m1/s1. The molecule has 0 aliphatic heterocycles. The molecule has 1 heterocycles. The van der Waals surface area contributed by atoms with Crippen LogP contribution in [-0.4, -0.2) is 27.7 Å². The van der Waals surface area contributed by atoms with E-state index >= 15 is 0 Å². The van der Waals surface area contributed by atoms with Crippen molar-refractivity contribution in [1.29, 1.82) is 0 Å². The Kier molecular flexibility index (Phi) is 9.52. The van der Waals surface area contributed by atoms with Gasteiger partial charge in [0.25, 0.3) is 5.91 Å². The largest absolute Gasteiger partial charge is 0.352 e. The number of aryl methyl sites for hydroxylation is 1. The molecule has 194 valence electrons. The first-order valence-corrected chi connectivity index (χ1v) is 13.3. The van der Waals surface area contributed by atoms with Crippen molar-refractivity contribution >= 4 is 40.7 Å². The van der Waals surface area contributed by atoms with Crippen LogP contribution in [0.2, 0.25) is 0 Å². The Hall–Kier alpha value is -3.67. The van der Waals surface area contributed by atoms with E-state index in [-0.39, 0.29) is 11.9 Å². The van der Waals surface area contributed by atoms with Gasteiger partial charge in [0.05, 0.1) is 0 Å². The van der Waals surface area contributed by atoms with Gasteiger partial charge in [-0.15, -0.1) is 0 Å². The number of hydrogen-bond donors (Lipinski definition) is 1. The number of anilines is 1. The van der Waals surface area contributed by atoms with E-state index in [1.165, 1.54) is 10.5 Å². The van der Waals surface area contributed by atoms with Crippen LogP contribution in [0.25, 0.3) is 11.1 Å². The zero-order valence-corrected chi connectivity index (χ0v) is 22.5. The van der Waals surface area contributed by atoms with Crippen molar-refractivity contribution in [2.45, 2.75) is 36.7 Å². The van der Waals surface area contributed by atoms with Crippen LogP contribution in [0.5, 0.6) is 0 Å². The maximum absolute atomic E-state index is 13.8. The van der Waals surface area contributed by atoms with Gasteiger partial charge in [-0.05, 0) is 54.7 Å². The van der Waals surface area contributed by atoms with Crippen LogP contribution in [-0.2, 0) is 16.0 Å². The summed E-state index contributed by atoms with van der Waals surface area (Å²) in [6, 6.07) is 29.8. The summed E-state index contributed by atoms with van der Waals surface area (Å²) in [5, 5.41) is 3.08. The first kappa shape index (κ1) is 27.4. The van der Waals surface area contributed by atoms with E-state index in [0.717, 1.165) is 24.0 Å². The zero-order chi connectivity index (χ0) is 26.9. The summed E-state index contributed by atoms with van der Waals surface area (Å²) < 4.78 is 0. The third-order valence-electron chi connectivity index (χ3n) is 6.28. The lowest BCUT2D eigenvalue weighted by atomic mass is 10.0. The molecule has 2 atom stereocenters. The molecular weight excluding hydrogens is 517 g/mol. The Morgan fingerprint density at radius 3 is 2.08 bits per heavy atom. The predicted octanol–water partition coefficient (Wildman–Crippen LogP) is 6.76. The lowest BCUT2D eigenvalue weighted by molar-refractivity contribution is -0.126. The van der Waals surface area contributed by atoms with E-state index in [0.29, 0.717) is 11.3 Å². The molecular formula is C31H29Cl2N3O2. The highest BCUT2D eigenvalue weighted by Crippen LogP contribution is 2.32. The van der Waals surface area contributed by atoms with Gasteiger partial charge in [-0.25, -0.2) is 0 Å². The van der Waals surface area contributed by atoms with Crippen LogP contribution in [0.4, 0.5) is 5.69 Å². The molecule has 0 radical (unpaired) electrons. The first-order valence-electron chi connectivity index (χ1n) is 12.4. The first-order chi connectivity index (χ1) is 18.4. The molecule has 0 saturated carbocycles. The van der Waals surface area contributed by atoms with Gasteiger partial charge in [-0.2, -0.15) is 0 Å². The summed E-state index contributed by atoms with van der Waals surface area (Å²) in [6.07, 6.45) is 4.75. The van der Waals surface area contributed by atoms with E-state index in [1.54, 1.807) is 36.7 Å². The molecule has 3 aromatic carbocycles. The van der Waals surface area contributed by atoms with Gasteiger partial charge in [0.2, 0.25) is 5.91 Å². The number of nitrogens with zero attached hydrogens (tertiary/aromatic N) is 2. The number of aromatic nitrogens is 1. The van der Waals surface area contributed by atoms with Crippen molar-refractivity contribution < 1.29 is 9.59 Å². The van der Waals surface area contributed by atoms with Crippen molar-refractivity contribution in [2.24, 2.45) is 0 Å². The number of benzene rings is 3. The van der Waals surface area contributed by atoms with E-state index < -0.39 is 16.8 Å². The third-order valence-corrected chi connectivity index (χ3v) is 6.65. The third kappa shape index (κ3) is 7.00. The molecule has 0 saturated heterocycles. The smallest absolute Gasteiger partial charge is 0.261 e. The molecule has 5 nitrogen and oxygen atoms in total. The number of hydrogen-bond acceptors (Lipinski definition) is 3. The minimum Gasteiger partial charge on any atom is -0.352 e. The predicted molar refractivity (Wildman–Crippen MR) is 154 cm³/mol. The fourth-order valence-corrected chi connectivity index (χ4v) is 4.54. The van der Waals surface area contributed by atoms with Crippen LogP contribution in [0.1, 0.15) is 30.5 Å². The van der Waals surface area contributed by atoms with Crippen LogP contribution in [0.3, 0.4) is 0 Å². The number of amides is 2. The number of halogens is 2. The summed E-state index contributed by atoms with van der Waals surface area (Å²) in [5.41, 5.74) is 4.27. The molecule has 1 N–H and O–H groups in total.